The summed E-state index contributed by atoms with van der Waals surface area (Å²) in [6, 6.07) is 0. The molecule has 0 bridgehead atoms. The van der Waals surface area contributed by atoms with Crippen molar-refractivity contribution < 1.29 is 13.6 Å². The van der Waals surface area contributed by atoms with Gasteiger partial charge >= 0.3 is 7.60 Å². The maximum Gasteiger partial charge on any atom is 0.362 e. The zero-order valence-electron chi connectivity index (χ0n) is 8.86. The molecule has 0 aliphatic carbocycles. The highest BCUT2D eigenvalue weighted by Gasteiger charge is 2.47. The molecule has 0 fully saturated rings. The topological polar surface area (TPSA) is 35.5 Å². The third-order valence-corrected chi connectivity index (χ3v) is 5.51. The molecule has 3 nitrogen and oxygen atoms in total. The molecule has 0 N–H and O–H groups in total. The molecule has 0 aromatic rings. The van der Waals surface area contributed by atoms with Crippen molar-refractivity contribution in [3.8, 4) is 0 Å². The second kappa shape index (κ2) is 3.86. The van der Waals surface area contributed by atoms with Crippen LogP contribution in [0.3, 0.4) is 0 Å². The van der Waals surface area contributed by atoms with Crippen molar-refractivity contribution in [2.24, 2.45) is 0 Å². The molecule has 0 amide bonds. The number of hydrogen-bond donors (Lipinski definition) is 0. The second-order valence-corrected chi connectivity index (χ2v) is 6.25. The van der Waals surface area contributed by atoms with Crippen molar-refractivity contribution in [2.45, 2.75) is 19.4 Å². The van der Waals surface area contributed by atoms with E-state index in [-0.39, 0.29) is 0 Å². The van der Waals surface area contributed by atoms with E-state index in [9.17, 15) is 4.57 Å². The molecule has 0 saturated carbocycles. The van der Waals surface area contributed by atoms with Gasteiger partial charge in [0.2, 0.25) is 0 Å². The molecule has 0 saturated heterocycles. The Morgan fingerprint density at radius 2 is 2.21 bits per heavy atom. The molecular weight excluding hydrogens is 219 g/mol. The number of thioether (sulfide) groups is 1. The molecular formula is C9H15O3PS. The average molecular weight is 234 g/mol. The fourth-order valence-corrected chi connectivity index (χ4v) is 4.81. The smallest absolute Gasteiger partial charge is 0.309 e. The highest BCUT2D eigenvalue weighted by Crippen LogP contribution is 2.67. The van der Waals surface area contributed by atoms with Crippen molar-refractivity contribution >= 4 is 19.4 Å². The van der Waals surface area contributed by atoms with Gasteiger partial charge in [0.1, 0.15) is 5.60 Å². The Morgan fingerprint density at radius 3 is 2.57 bits per heavy atom. The first-order valence-electron chi connectivity index (χ1n) is 4.19. The lowest BCUT2D eigenvalue weighted by molar-refractivity contribution is 0.142. The first kappa shape index (κ1) is 12.1. The van der Waals surface area contributed by atoms with Gasteiger partial charge in [-0.1, -0.05) is 12.7 Å². The fourth-order valence-electron chi connectivity index (χ4n) is 1.51. The molecule has 0 spiro atoms. The van der Waals surface area contributed by atoms with Gasteiger partial charge < -0.3 is 4.52 Å². The van der Waals surface area contributed by atoms with Crippen LogP contribution in [0.4, 0.5) is 0 Å². The van der Waals surface area contributed by atoms with Crippen LogP contribution in [0.2, 0.25) is 0 Å². The molecule has 0 aromatic carbocycles. The number of hydrogen-bond acceptors (Lipinski definition) is 4. The van der Waals surface area contributed by atoms with E-state index in [0.29, 0.717) is 5.31 Å². The third kappa shape index (κ3) is 1.72. The first-order valence-corrected chi connectivity index (χ1v) is 6.96. The van der Waals surface area contributed by atoms with Crippen molar-refractivity contribution in [1.82, 2.24) is 0 Å². The normalized spacial score (nSPS) is 30.9. The quantitative estimate of drug-likeness (QED) is 0.701. The summed E-state index contributed by atoms with van der Waals surface area (Å²) in [6.07, 6.45) is 3.49. The molecule has 0 aromatic heterocycles. The molecule has 1 atom stereocenters. The SMILES string of the molecule is C=CC1=C(SC)C(C)(C)OP1(=O)OC. The molecule has 1 unspecified atom stereocenters. The Morgan fingerprint density at radius 1 is 1.64 bits per heavy atom. The van der Waals surface area contributed by atoms with Crippen LogP contribution in [0.15, 0.2) is 22.9 Å². The first-order chi connectivity index (χ1) is 6.41. The number of allylic oxidation sites excluding steroid dienone is 2. The van der Waals surface area contributed by atoms with Gasteiger partial charge in [0.15, 0.2) is 0 Å². The summed E-state index contributed by atoms with van der Waals surface area (Å²) in [7, 11) is -1.72. The molecule has 0 radical (unpaired) electrons. The summed E-state index contributed by atoms with van der Waals surface area (Å²) in [5, 5.41) is 0.595. The third-order valence-electron chi connectivity index (χ3n) is 2.06. The summed E-state index contributed by atoms with van der Waals surface area (Å²) >= 11 is 1.52. The van der Waals surface area contributed by atoms with Crippen LogP contribution < -0.4 is 0 Å². The van der Waals surface area contributed by atoms with Gasteiger partial charge in [0.25, 0.3) is 0 Å². The highest BCUT2D eigenvalue weighted by molar-refractivity contribution is 8.02. The average Bonchev–Trinajstić information content (AvgIpc) is 2.32. The highest BCUT2D eigenvalue weighted by atomic mass is 32.2. The van der Waals surface area contributed by atoms with Gasteiger partial charge in [0.05, 0.1) is 5.31 Å². The van der Waals surface area contributed by atoms with Gasteiger partial charge in [0, 0.05) is 12.0 Å². The van der Waals surface area contributed by atoms with Crippen molar-refractivity contribution in [3.05, 3.63) is 22.9 Å². The summed E-state index contributed by atoms with van der Waals surface area (Å²) < 4.78 is 22.6. The summed E-state index contributed by atoms with van der Waals surface area (Å²) in [5.74, 6) is 0. The van der Waals surface area contributed by atoms with Gasteiger partial charge in [-0.3, -0.25) is 9.09 Å². The van der Waals surface area contributed by atoms with Crippen molar-refractivity contribution in [1.29, 1.82) is 0 Å². The zero-order valence-corrected chi connectivity index (χ0v) is 10.6. The van der Waals surface area contributed by atoms with Crippen LogP contribution in [-0.2, 0) is 13.6 Å². The Bertz CT molecular complexity index is 333. The lowest BCUT2D eigenvalue weighted by atomic mass is 10.1. The van der Waals surface area contributed by atoms with Crippen molar-refractivity contribution in [3.63, 3.8) is 0 Å². The lowest BCUT2D eigenvalue weighted by Crippen LogP contribution is -2.19. The van der Waals surface area contributed by atoms with E-state index < -0.39 is 13.2 Å². The van der Waals surface area contributed by atoms with Gasteiger partial charge in [-0.25, -0.2) is 0 Å². The van der Waals surface area contributed by atoms with Gasteiger partial charge in [-0.05, 0) is 20.1 Å². The van der Waals surface area contributed by atoms with Crippen LogP contribution in [0, 0.1) is 0 Å². The maximum absolute atomic E-state index is 12.1. The van der Waals surface area contributed by atoms with Crippen molar-refractivity contribution in [2.75, 3.05) is 13.4 Å². The minimum absolute atomic E-state index is 0.547. The van der Waals surface area contributed by atoms with E-state index in [4.69, 9.17) is 9.05 Å². The predicted molar refractivity (Wildman–Crippen MR) is 60.5 cm³/mol. The second-order valence-electron chi connectivity index (χ2n) is 3.40. The Hall–Kier alpha value is -0.0200. The van der Waals surface area contributed by atoms with E-state index >= 15 is 0 Å². The Balaban J connectivity index is 3.32. The standard InChI is InChI=1S/C9H15O3PS/c1-6-7-8(14-5)9(2,3)12-13(7,10)11-4/h6H,1H2,2-5H3. The van der Waals surface area contributed by atoms with E-state index in [0.717, 1.165) is 4.91 Å². The molecule has 14 heavy (non-hydrogen) atoms. The molecule has 5 heteroatoms. The van der Waals surface area contributed by atoms with Crippen LogP contribution in [0.5, 0.6) is 0 Å². The van der Waals surface area contributed by atoms with Crippen LogP contribution >= 0.6 is 19.4 Å². The zero-order chi connectivity index (χ0) is 11.0. The molecule has 80 valence electrons. The molecule has 1 aliphatic rings. The van der Waals surface area contributed by atoms with Crippen LogP contribution in [0.1, 0.15) is 13.8 Å². The minimum Gasteiger partial charge on any atom is -0.309 e. The molecule has 1 rings (SSSR count). The largest absolute Gasteiger partial charge is 0.362 e. The summed E-state index contributed by atoms with van der Waals surface area (Å²) in [5.41, 5.74) is -0.547. The predicted octanol–water partition coefficient (Wildman–Crippen LogP) is 3.40. The maximum atomic E-state index is 12.1. The van der Waals surface area contributed by atoms with E-state index in [2.05, 4.69) is 6.58 Å². The summed E-state index contributed by atoms with van der Waals surface area (Å²) in [6.45, 7) is 7.40. The van der Waals surface area contributed by atoms with E-state index in [1.54, 1.807) is 6.08 Å². The Kier molecular flexibility index (Phi) is 3.32. The fraction of sp³-hybridized carbons (Fsp3) is 0.556. The van der Waals surface area contributed by atoms with Crippen LogP contribution in [-0.4, -0.2) is 19.0 Å². The van der Waals surface area contributed by atoms with Crippen LogP contribution in [0.25, 0.3) is 0 Å². The van der Waals surface area contributed by atoms with E-state index in [1.807, 2.05) is 20.1 Å². The van der Waals surface area contributed by atoms with E-state index in [1.165, 1.54) is 18.9 Å². The minimum atomic E-state index is -3.11. The van der Waals surface area contributed by atoms with Gasteiger partial charge in [-0.2, -0.15) is 0 Å². The number of rotatable bonds is 3. The monoisotopic (exact) mass is 234 g/mol. The van der Waals surface area contributed by atoms with Gasteiger partial charge in [-0.15, -0.1) is 11.8 Å². The summed E-state index contributed by atoms with van der Waals surface area (Å²) in [4.78, 5) is 0.928. The Labute approximate surface area is 89.1 Å². The molecule has 1 aliphatic heterocycles. The molecule has 1 heterocycles. The lowest BCUT2D eigenvalue weighted by Gasteiger charge is -2.20.